The van der Waals surface area contributed by atoms with Crippen molar-refractivity contribution in [2.45, 2.75) is 59.4 Å². The molecule has 1 aliphatic heterocycles. The number of allylic oxidation sites excluding steroid dienone is 14. The minimum Gasteiger partial charge on any atom is -0.380 e. The fraction of sp³-hybridized carbons (Fsp3) is 0.270. The summed E-state index contributed by atoms with van der Waals surface area (Å²) in [5.41, 5.74) is 10.9. The van der Waals surface area contributed by atoms with Crippen molar-refractivity contribution in [3.05, 3.63) is 130 Å². The molecule has 1 N–H and O–H groups in total. The highest BCUT2D eigenvalue weighted by molar-refractivity contribution is 5.99. The van der Waals surface area contributed by atoms with E-state index in [4.69, 9.17) is 4.99 Å². The molecule has 1 heterocycles. The largest absolute Gasteiger partial charge is 0.380 e. The fourth-order valence-corrected chi connectivity index (χ4v) is 5.15. The lowest BCUT2D eigenvalue weighted by Crippen LogP contribution is -2.28. The second-order valence-electron chi connectivity index (χ2n) is 10.8. The second-order valence-corrected chi connectivity index (χ2v) is 10.8. The Labute approximate surface area is 235 Å². The highest BCUT2D eigenvalue weighted by Crippen LogP contribution is 2.30. The average molecular weight is 515 g/mol. The van der Waals surface area contributed by atoms with Gasteiger partial charge in [-0.3, -0.25) is 4.99 Å². The third-order valence-corrected chi connectivity index (χ3v) is 7.13. The van der Waals surface area contributed by atoms with Crippen molar-refractivity contribution in [3.8, 4) is 0 Å². The molecule has 0 bridgehead atoms. The van der Waals surface area contributed by atoms with Crippen molar-refractivity contribution < 1.29 is 0 Å². The Kier molecular flexibility index (Phi) is 9.54. The summed E-state index contributed by atoms with van der Waals surface area (Å²) in [5, 5.41) is 6.12. The smallest absolute Gasteiger partial charge is 0.0557 e. The van der Waals surface area contributed by atoms with Crippen molar-refractivity contribution >= 4 is 29.0 Å². The van der Waals surface area contributed by atoms with Gasteiger partial charge in [0.1, 0.15) is 0 Å². The monoisotopic (exact) mass is 514 g/mol. The van der Waals surface area contributed by atoms with Crippen LogP contribution in [0.5, 0.6) is 0 Å². The van der Waals surface area contributed by atoms with E-state index < -0.39 is 0 Å². The van der Waals surface area contributed by atoms with E-state index in [1.807, 2.05) is 12.2 Å². The molecule has 39 heavy (non-hydrogen) atoms. The summed E-state index contributed by atoms with van der Waals surface area (Å²) in [6.07, 6.45) is 30.7. The van der Waals surface area contributed by atoms with E-state index in [0.717, 1.165) is 49.2 Å². The van der Waals surface area contributed by atoms with Crippen LogP contribution in [0, 0.1) is 0 Å². The van der Waals surface area contributed by atoms with E-state index in [9.17, 15) is 0 Å². The molecule has 2 nitrogen and oxygen atoms in total. The number of nitrogens with zero attached hydrogens (tertiary/aromatic N) is 1. The predicted octanol–water partition coefficient (Wildman–Crippen LogP) is 7.69. The highest BCUT2D eigenvalue weighted by Gasteiger charge is 2.14. The molecule has 0 fully saturated rings. The van der Waals surface area contributed by atoms with Gasteiger partial charge in [0.15, 0.2) is 0 Å². The molecule has 0 radical (unpaired) electrons. The first-order chi connectivity index (χ1) is 18.9. The molecule has 1 aromatic rings. The summed E-state index contributed by atoms with van der Waals surface area (Å²) in [6, 6.07) is 5.00. The third kappa shape index (κ3) is 7.35. The Morgan fingerprint density at radius 1 is 1.00 bits per heavy atom. The van der Waals surface area contributed by atoms with Crippen LogP contribution in [-0.4, -0.2) is 18.3 Å². The van der Waals surface area contributed by atoms with Gasteiger partial charge in [0.25, 0.3) is 0 Å². The molecule has 3 aliphatic rings. The molecule has 0 amide bonds. The van der Waals surface area contributed by atoms with Crippen molar-refractivity contribution in [2.24, 2.45) is 4.99 Å². The zero-order valence-electron chi connectivity index (χ0n) is 24.1. The average Bonchev–Trinajstić information content (AvgIpc) is 3.41. The molecule has 200 valence electrons. The van der Waals surface area contributed by atoms with Gasteiger partial charge in [-0.15, -0.1) is 6.58 Å². The molecular weight excluding hydrogens is 472 g/mol. The van der Waals surface area contributed by atoms with Gasteiger partial charge in [0, 0.05) is 12.6 Å². The number of rotatable bonds is 9. The number of aliphatic imine (C=N–C) groups is 1. The summed E-state index contributed by atoms with van der Waals surface area (Å²) >= 11 is 0. The molecule has 0 atom stereocenters. The normalized spacial score (nSPS) is 19.8. The van der Waals surface area contributed by atoms with E-state index in [0.29, 0.717) is 0 Å². The molecule has 2 heteroatoms. The number of benzene rings is 1. The maximum atomic E-state index is 4.69. The van der Waals surface area contributed by atoms with Crippen LogP contribution in [0.4, 0.5) is 0 Å². The van der Waals surface area contributed by atoms with Crippen LogP contribution >= 0.6 is 0 Å². The Morgan fingerprint density at radius 3 is 2.46 bits per heavy atom. The van der Waals surface area contributed by atoms with Crippen molar-refractivity contribution in [1.29, 1.82) is 0 Å². The van der Waals surface area contributed by atoms with Gasteiger partial charge in [0.2, 0.25) is 0 Å². The SMILES string of the molecule is C=CC/C(C)=C\C=C1\C=C(c2cc3c(cc2/C(C=C)=C/C=C2C=C(/C(C)=N/C(C)C)NC/2)=CCCC=3)C=CC1. The number of hydrogen-bond acceptors (Lipinski definition) is 2. The lowest BCUT2D eigenvalue weighted by molar-refractivity contribution is 0.831. The predicted molar refractivity (Wildman–Crippen MR) is 173 cm³/mol. The van der Waals surface area contributed by atoms with Gasteiger partial charge in [-0.25, -0.2) is 0 Å². The topological polar surface area (TPSA) is 24.4 Å². The van der Waals surface area contributed by atoms with Crippen molar-refractivity contribution in [2.75, 3.05) is 6.54 Å². The number of hydrogen-bond donors (Lipinski definition) is 1. The second kappa shape index (κ2) is 13.2. The van der Waals surface area contributed by atoms with E-state index >= 15 is 0 Å². The van der Waals surface area contributed by atoms with Gasteiger partial charge in [-0.2, -0.15) is 0 Å². The zero-order chi connectivity index (χ0) is 27.8. The molecule has 1 aromatic carbocycles. The third-order valence-electron chi connectivity index (χ3n) is 7.13. The molecule has 2 aliphatic carbocycles. The maximum Gasteiger partial charge on any atom is 0.0557 e. The first kappa shape index (κ1) is 28.1. The van der Waals surface area contributed by atoms with E-state index in [2.05, 4.69) is 119 Å². The Morgan fingerprint density at radius 2 is 1.74 bits per heavy atom. The first-order valence-electron chi connectivity index (χ1n) is 14.1. The van der Waals surface area contributed by atoms with Crippen LogP contribution in [0.25, 0.3) is 23.3 Å². The van der Waals surface area contributed by atoms with Gasteiger partial charge in [-0.1, -0.05) is 79.0 Å². The lowest BCUT2D eigenvalue weighted by atomic mass is 9.88. The quantitative estimate of drug-likeness (QED) is 0.204. The molecule has 0 aromatic heterocycles. The van der Waals surface area contributed by atoms with Gasteiger partial charge in [-0.05, 0) is 115 Å². The summed E-state index contributed by atoms with van der Waals surface area (Å²) in [7, 11) is 0. The van der Waals surface area contributed by atoms with Crippen molar-refractivity contribution in [1.82, 2.24) is 5.32 Å². The van der Waals surface area contributed by atoms with Gasteiger partial charge < -0.3 is 5.32 Å². The molecule has 0 spiro atoms. The highest BCUT2D eigenvalue weighted by atomic mass is 14.9. The Bertz CT molecular complexity index is 1510. The van der Waals surface area contributed by atoms with Crippen LogP contribution in [0.3, 0.4) is 0 Å². The van der Waals surface area contributed by atoms with Gasteiger partial charge in [0.05, 0.1) is 11.4 Å². The lowest BCUT2D eigenvalue weighted by Gasteiger charge is -2.17. The first-order valence-corrected chi connectivity index (χ1v) is 14.1. The minimum atomic E-state index is 0.287. The minimum absolute atomic E-state index is 0.287. The Balaban J connectivity index is 1.77. The fourth-order valence-electron chi connectivity index (χ4n) is 5.15. The maximum absolute atomic E-state index is 4.69. The van der Waals surface area contributed by atoms with Crippen LogP contribution in [0.15, 0.2) is 113 Å². The van der Waals surface area contributed by atoms with Gasteiger partial charge >= 0.3 is 0 Å². The molecule has 0 unspecified atom stereocenters. The summed E-state index contributed by atoms with van der Waals surface area (Å²) in [5.74, 6) is 0. The van der Waals surface area contributed by atoms with Crippen LogP contribution in [-0.2, 0) is 0 Å². The van der Waals surface area contributed by atoms with E-state index in [-0.39, 0.29) is 6.04 Å². The molecule has 0 saturated carbocycles. The van der Waals surface area contributed by atoms with Crippen LogP contribution < -0.4 is 15.8 Å². The van der Waals surface area contributed by atoms with Crippen LogP contribution in [0.2, 0.25) is 0 Å². The molecule has 4 rings (SSSR count). The van der Waals surface area contributed by atoms with Crippen LogP contribution in [0.1, 0.15) is 64.5 Å². The zero-order valence-corrected chi connectivity index (χ0v) is 24.1. The molecular formula is C37H42N2. The number of fused-ring (bicyclic) bond motifs is 1. The van der Waals surface area contributed by atoms with Crippen molar-refractivity contribution in [3.63, 3.8) is 0 Å². The summed E-state index contributed by atoms with van der Waals surface area (Å²) < 4.78 is 0. The molecule has 0 saturated heterocycles. The van der Waals surface area contributed by atoms with E-state index in [1.165, 1.54) is 43.9 Å². The summed E-state index contributed by atoms with van der Waals surface area (Å²) in [4.78, 5) is 4.69. The van der Waals surface area contributed by atoms with E-state index in [1.54, 1.807) is 0 Å². The standard InChI is InChI=1S/C37H42N2/c1-7-12-27(5)17-18-29-13-11-16-34(21-29)36-24-33-15-10-9-14-32(33)23-35(36)31(8-2)20-19-30-22-37(38-25-30)28(6)39-26(3)4/h7-8,11,14-24,26,38H,1-2,9-10,12-13,25H2,3-6H3/b27-17-,29-18+,30-19-,31-20+,39-28+. The Hall–Kier alpha value is -3.91. The number of nitrogens with one attached hydrogen (secondary N) is 1. The summed E-state index contributed by atoms with van der Waals surface area (Å²) in [6.45, 7) is 17.3.